The average Bonchev–Trinajstić information content (AvgIpc) is 3.02. The summed E-state index contributed by atoms with van der Waals surface area (Å²) in [6.45, 7) is 5.33. The van der Waals surface area contributed by atoms with Gasteiger partial charge < -0.3 is 9.64 Å². The minimum atomic E-state index is -0.282. The Bertz CT molecular complexity index is 804. The minimum absolute atomic E-state index is 0.0617. The summed E-state index contributed by atoms with van der Waals surface area (Å²) in [7, 11) is 1.73. The number of halogens is 1. The second kappa shape index (κ2) is 8.23. The zero-order valence-corrected chi connectivity index (χ0v) is 15.4. The Morgan fingerprint density at radius 3 is 2.69 bits per heavy atom. The number of benzene rings is 2. The Morgan fingerprint density at radius 2 is 2.00 bits per heavy atom. The van der Waals surface area contributed by atoms with Gasteiger partial charge in [-0.25, -0.2) is 4.39 Å². The molecule has 2 atom stereocenters. The summed E-state index contributed by atoms with van der Waals surface area (Å²) in [5.74, 6) is -0.282. The van der Waals surface area contributed by atoms with E-state index in [2.05, 4.69) is 21.8 Å². The van der Waals surface area contributed by atoms with Crippen LogP contribution in [0.5, 0.6) is 0 Å². The maximum Gasteiger partial charge on any atom is 0.124 e. The Labute approximate surface area is 154 Å². The summed E-state index contributed by atoms with van der Waals surface area (Å²) in [5, 5.41) is 0. The van der Waals surface area contributed by atoms with Gasteiger partial charge in [0.15, 0.2) is 0 Å². The largest absolute Gasteiger partial charge is 0.379 e. The molecular weight excluding hydrogens is 329 g/mol. The molecule has 0 saturated carbocycles. The van der Waals surface area contributed by atoms with Crippen LogP contribution >= 0.6 is 0 Å². The maximum absolute atomic E-state index is 14.1. The second-order valence-corrected chi connectivity index (χ2v) is 6.24. The van der Waals surface area contributed by atoms with Crippen LogP contribution in [0.4, 0.5) is 10.1 Å². The molecule has 0 N–H and O–H groups in total. The minimum Gasteiger partial charge on any atom is -0.379 e. The molecule has 4 nitrogen and oxygen atoms in total. The first-order chi connectivity index (χ1) is 12.7. The lowest BCUT2D eigenvalue weighted by Crippen LogP contribution is -2.36. The van der Waals surface area contributed by atoms with Crippen LogP contribution < -0.4 is 4.90 Å². The highest BCUT2D eigenvalue weighted by molar-refractivity contribution is 6.16. The molecule has 5 heteroatoms. The van der Waals surface area contributed by atoms with Crippen molar-refractivity contribution in [1.82, 2.24) is 0 Å². The van der Waals surface area contributed by atoms with Gasteiger partial charge in [0, 0.05) is 24.8 Å². The quantitative estimate of drug-likeness (QED) is 0.738. The third-order valence-corrected chi connectivity index (χ3v) is 4.63. The van der Waals surface area contributed by atoms with Crippen molar-refractivity contribution in [2.45, 2.75) is 25.9 Å². The van der Waals surface area contributed by atoms with Crippen molar-refractivity contribution in [2.24, 2.45) is 9.98 Å². The number of anilines is 1. The lowest BCUT2D eigenvalue weighted by Gasteiger charge is -2.27. The molecule has 1 heterocycles. The van der Waals surface area contributed by atoms with Gasteiger partial charge in [-0.15, -0.1) is 0 Å². The molecule has 0 radical (unpaired) electrons. The standard InChI is InChI=1S/C21H24FN3O/c1-4-26-13-19-15(2)25(14-24-19)20-11-10-17(22)12-18(20)21(23-3)16-8-6-5-7-9-16/h5-12,14-15,19H,4,13H2,1-3H3. The molecule has 1 aliphatic heterocycles. The number of hydrogen-bond donors (Lipinski definition) is 0. The van der Waals surface area contributed by atoms with Gasteiger partial charge in [0.25, 0.3) is 0 Å². The zero-order valence-electron chi connectivity index (χ0n) is 15.4. The highest BCUT2D eigenvalue weighted by atomic mass is 19.1. The van der Waals surface area contributed by atoms with Crippen molar-refractivity contribution in [1.29, 1.82) is 0 Å². The first kappa shape index (κ1) is 18.3. The normalized spacial score (nSPS) is 20.0. The monoisotopic (exact) mass is 353 g/mol. The van der Waals surface area contributed by atoms with Crippen LogP contribution in [0.2, 0.25) is 0 Å². The average molecular weight is 353 g/mol. The predicted octanol–water partition coefficient (Wildman–Crippen LogP) is 3.93. The molecule has 26 heavy (non-hydrogen) atoms. The smallest absolute Gasteiger partial charge is 0.124 e. The van der Waals surface area contributed by atoms with E-state index < -0.39 is 0 Å². The molecule has 2 aromatic carbocycles. The molecule has 0 fully saturated rings. The fourth-order valence-corrected chi connectivity index (χ4v) is 3.20. The van der Waals surface area contributed by atoms with Gasteiger partial charge in [0.1, 0.15) is 5.82 Å². The van der Waals surface area contributed by atoms with Crippen molar-refractivity contribution in [3.63, 3.8) is 0 Å². The summed E-state index contributed by atoms with van der Waals surface area (Å²) in [6, 6.07) is 14.8. The summed E-state index contributed by atoms with van der Waals surface area (Å²) in [5.41, 5.74) is 3.37. The molecule has 2 aromatic rings. The molecule has 1 aliphatic rings. The van der Waals surface area contributed by atoms with Crippen LogP contribution in [0.15, 0.2) is 58.5 Å². The first-order valence-corrected chi connectivity index (χ1v) is 8.87. The Morgan fingerprint density at radius 1 is 1.23 bits per heavy atom. The third kappa shape index (κ3) is 3.68. The molecule has 136 valence electrons. The topological polar surface area (TPSA) is 37.2 Å². The molecule has 0 spiro atoms. The zero-order chi connectivity index (χ0) is 18.5. The molecule has 0 saturated heterocycles. The van der Waals surface area contributed by atoms with E-state index in [4.69, 9.17) is 4.74 Å². The molecule has 2 unspecified atom stereocenters. The van der Waals surface area contributed by atoms with E-state index in [1.54, 1.807) is 19.2 Å². The van der Waals surface area contributed by atoms with Gasteiger partial charge in [-0.05, 0) is 32.0 Å². The fourth-order valence-electron chi connectivity index (χ4n) is 3.20. The number of aliphatic imine (C=N–C) groups is 2. The first-order valence-electron chi connectivity index (χ1n) is 8.87. The summed E-state index contributed by atoms with van der Waals surface area (Å²) in [4.78, 5) is 11.1. The van der Waals surface area contributed by atoms with Crippen molar-refractivity contribution in [2.75, 3.05) is 25.2 Å². The SMILES string of the molecule is CCOCC1N=CN(c2ccc(F)cc2C(=NC)c2ccccc2)C1C. The Hall–Kier alpha value is -2.53. The Kier molecular flexibility index (Phi) is 5.78. The van der Waals surface area contributed by atoms with Gasteiger partial charge >= 0.3 is 0 Å². The lowest BCUT2D eigenvalue weighted by molar-refractivity contribution is 0.131. The van der Waals surface area contributed by atoms with Gasteiger partial charge in [0.05, 0.1) is 36.4 Å². The number of hydrogen-bond acceptors (Lipinski definition) is 4. The highest BCUT2D eigenvalue weighted by Gasteiger charge is 2.30. The van der Waals surface area contributed by atoms with Crippen molar-refractivity contribution < 1.29 is 9.13 Å². The van der Waals surface area contributed by atoms with Crippen LogP contribution in [0.25, 0.3) is 0 Å². The molecule has 3 rings (SSSR count). The van der Waals surface area contributed by atoms with Gasteiger partial charge in [-0.1, -0.05) is 30.3 Å². The van der Waals surface area contributed by atoms with Crippen LogP contribution in [0, 0.1) is 5.82 Å². The van der Waals surface area contributed by atoms with Crippen LogP contribution in [-0.4, -0.2) is 44.4 Å². The van der Waals surface area contributed by atoms with E-state index in [1.807, 2.05) is 43.6 Å². The third-order valence-electron chi connectivity index (χ3n) is 4.63. The van der Waals surface area contributed by atoms with Crippen LogP contribution in [0.1, 0.15) is 25.0 Å². The van der Waals surface area contributed by atoms with Gasteiger partial charge in [-0.3, -0.25) is 9.98 Å². The molecular formula is C21H24FN3O. The molecule has 0 bridgehead atoms. The molecule has 0 aromatic heterocycles. The van der Waals surface area contributed by atoms with Gasteiger partial charge in [0.2, 0.25) is 0 Å². The molecule has 0 amide bonds. The van der Waals surface area contributed by atoms with Gasteiger partial charge in [-0.2, -0.15) is 0 Å². The van der Waals surface area contributed by atoms with Crippen molar-refractivity contribution in [3.05, 3.63) is 65.5 Å². The predicted molar refractivity (Wildman–Crippen MR) is 105 cm³/mol. The second-order valence-electron chi connectivity index (χ2n) is 6.24. The highest BCUT2D eigenvalue weighted by Crippen LogP contribution is 2.29. The maximum atomic E-state index is 14.1. The number of ether oxygens (including phenoxy) is 1. The summed E-state index contributed by atoms with van der Waals surface area (Å²) >= 11 is 0. The van der Waals surface area contributed by atoms with E-state index in [-0.39, 0.29) is 17.9 Å². The van der Waals surface area contributed by atoms with Crippen LogP contribution in [-0.2, 0) is 4.74 Å². The fraction of sp³-hybridized carbons (Fsp3) is 0.333. The van der Waals surface area contributed by atoms with E-state index in [0.29, 0.717) is 13.2 Å². The summed E-state index contributed by atoms with van der Waals surface area (Å²) < 4.78 is 19.6. The van der Waals surface area contributed by atoms with E-state index in [0.717, 1.165) is 22.5 Å². The Balaban J connectivity index is 1.98. The number of nitrogens with zero attached hydrogens (tertiary/aromatic N) is 3. The lowest BCUT2D eigenvalue weighted by atomic mass is 9.99. The van der Waals surface area contributed by atoms with E-state index in [1.165, 1.54) is 6.07 Å². The van der Waals surface area contributed by atoms with Crippen molar-refractivity contribution >= 4 is 17.7 Å². The van der Waals surface area contributed by atoms with E-state index >= 15 is 0 Å². The van der Waals surface area contributed by atoms with Crippen LogP contribution in [0.3, 0.4) is 0 Å². The van der Waals surface area contributed by atoms with E-state index in [9.17, 15) is 4.39 Å². The van der Waals surface area contributed by atoms with Crippen molar-refractivity contribution in [3.8, 4) is 0 Å². The molecule has 0 aliphatic carbocycles. The number of rotatable bonds is 6. The summed E-state index contributed by atoms with van der Waals surface area (Å²) in [6.07, 6.45) is 1.82.